The molecule has 0 aliphatic carbocycles. The number of hydrogen-bond donors (Lipinski definition) is 1. The van der Waals surface area contributed by atoms with E-state index in [4.69, 9.17) is 4.74 Å². The zero-order valence-electron chi connectivity index (χ0n) is 17.2. The van der Waals surface area contributed by atoms with Gasteiger partial charge in [-0.15, -0.1) is 5.10 Å². The predicted molar refractivity (Wildman–Crippen MR) is 113 cm³/mol. The fraction of sp³-hybridized carbons (Fsp3) is 0.333. The molecule has 9 heteroatoms. The van der Waals surface area contributed by atoms with Crippen LogP contribution in [0.2, 0.25) is 0 Å². The molecule has 0 radical (unpaired) electrons. The monoisotopic (exact) mass is 405 g/mol. The Bertz CT molecular complexity index is 1260. The number of fused-ring (bicyclic) bond motifs is 2. The van der Waals surface area contributed by atoms with Crippen molar-refractivity contribution in [1.82, 2.24) is 29.1 Å². The number of nitrogens with one attached hydrogen (secondary N) is 1. The quantitative estimate of drug-likeness (QED) is 0.548. The van der Waals surface area contributed by atoms with E-state index < -0.39 is 0 Å². The first-order chi connectivity index (χ1) is 14.6. The van der Waals surface area contributed by atoms with Crippen molar-refractivity contribution in [3.05, 3.63) is 42.4 Å². The van der Waals surface area contributed by atoms with Crippen molar-refractivity contribution < 1.29 is 9.53 Å². The van der Waals surface area contributed by atoms with E-state index in [-0.39, 0.29) is 11.9 Å². The molecule has 1 saturated heterocycles. The van der Waals surface area contributed by atoms with E-state index in [2.05, 4.69) is 39.6 Å². The summed E-state index contributed by atoms with van der Waals surface area (Å²) in [5.41, 5.74) is 5.02. The normalized spacial score (nSPS) is 16.7. The lowest BCUT2D eigenvalue weighted by atomic mass is 10.1. The van der Waals surface area contributed by atoms with Gasteiger partial charge in [0.15, 0.2) is 0 Å². The van der Waals surface area contributed by atoms with Gasteiger partial charge in [-0.1, -0.05) is 13.0 Å². The summed E-state index contributed by atoms with van der Waals surface area (Å²) in [6.45, 7) is 2.84. The fourth-order valence-electron chi connectivity index (χ4n) is 4.01. The van der Waals surface area contributed by atoms with Crippen LogP contribution < -0.4 is 10.1 Å². The number of rotatable bonds is 5. The van der Waals surface area contributed by atoms with Gasteiger partial charge in [0, 0.05) is 37.1 Å². The highest BCUT2D eigenvalue weighted by atomic mass is 16.5. The first-order valence-electron chi connectivity index (χ1n) is 10.0. The molecule has 1 N–H and O–H groups in total. The minimum absolute atomic E-state index is 0.0461. The lowest BCUT2D eigenvalue weighted by Crippen LogP contribution is -2.31. The maximum Gasteiger partial charge on any atom is 0.244 e. The number of anilines is 1. The third kappa shape index (κ3) is 2.85. The maximum atomic E-state index is 12.2. The Labute approximate surface area is 173 Å². The lowest BCUT2D eigenvalue weighted by Gasteiger charge is -2.13. The summed E-state index contributed by atoms with van der Waals surface area (Å²) in [5, 5.41) is 12.2. The minimum atomic E-state index is -0.317. The van der Waals surface area contributed by atoms with Crippen LogP contribution in [0.5, 0.6) is 5.88 Å². The molecule has 4 aromatic rings. The first kappa shape index (κ1) is 18.4. The topological polar surface area (TPSA) is 89.1 Å². The molecule has 30 heavy (non-hydrogen) atoms. The molecule has 5 heterocycles. The van der Waals surface area contributed by atoms with Crippen molar-refractivity contribution in [2.24, 2.45) is 0 Å². The minimum Gasteiger partial charge on any atom is -0.479 e. The number of nitrogens with zero attached hydrogens (tertiary/aromatic N) is 6. The van der Waals surface area contributed by atoms with E-state index in [1.807, 2.05) is 29.2 Å². The highest BCUT2D eigenvalue weighted by Crippen LogP contribution is 2.32. The molecular weight excluding hydrogens is 382 g/mol. The van der Waals surface area contributed by atoms with Gasteiger partial charge in [0.1, 0.15) is 11.6 Å². The number of methoxy groups -OCH3 is 1. The first-order valence-corrected chi connectivity index (χ1v) is 10.0. The van der Waals surface area contributed by atoms with Crippen molar-refractivity contribution in [2.45, 2.75) is 25.8 Å². The smallest absolute Gasteiger partial charge is 0.244 e. The summed E-state index contributed by atoms with van der Waals surface area (Å²) in [4.78, 5) is 18.4. The molecule has 1 atom stereocenters. The number of likely N-dealkylation sites (N-methyl/N-ethyl adjacent to an activating group) is 1. The van der Waals surface area contributed by atoms with Crippen molar-refractivity contribution in [3.63, 3.8) is 0 Å². The van der Waals surface area contributed by atoms with Crippen molar-refractivity contribution in [1.29, 1.82) is 0 Å². The number of aromatic nitrogens is 5. The molecule has 1 fully saturated rings. The fourth-order valence-corrected chi connectivity index (χ4v) is 4.01. The molecule has 5 rings (SSSR count). The largest absolute Gasteiger partial charge is 0.479 e. The Hall–Kier alpha value is -3.62. The van der Waals surface area contributed by atoms with Gasteiger partial charge in [-0.2, -0.15) is 10.1 Å². The van der Waals surface area contributed by atoms with E-state index in [9.17, 15) is 4.79 Å². The summed E-state index contributed by atoms with van der Waals surface area (Å²) in [5.74, 6) is 0.858. The highest BCUT2D eigenvalue weighted by Gasteiger charge is 2.30. The van der Waals surface area contributed by atoms with Gasteiger partial charge < -0.3 is 15.0 Å². The number of pyridine rings is 1. The van der Waals surface area contributed by atoms with E-state index >= 15 is 0 Å². The van der Waals surface area contributed by atoms with Gasteiger partial charge in [-0.05, 0) is 30.5 Å². The Morgan fingerprint density at radius 3 is 2.87 bits per heavy atom. The van der Waals surface area contributed by atoms with Gasteiger partial charge in [-0.25, -0.2) is 9.03 Å². The van der Waals surface area contributed by atoms with Crippen LogP contribution in [-0.4, -0.2) is 61.8 Å². The second kappa shape index (κ2) is 7.01. The molecule has 4 aromatic heterocycles. The van der Waals surface area contributed by atoms with Crippen LogP contribution in [0.25, 0.3) is 22.2 Å². The Balaban J connectivity index is 1.55. The zero-order chi connectivity index (χ0) is 20.8. The Morgan fingerprint density at radius 1 is 1.27 bits per heavy atom. The van der Waals surface area contributed by atoms with E-state index in [1.165, 1.54) is 5.56 Å². The SMILES string of the molecule is CCc1cnn2cc(-c3ccn4nc(N[C@H]5CCN(C)C5=O)nc(OC)c34)ccc12. The number of carbonyl (C=O) groups excluding carboxylic acids is 1. The second-order valence-electron chi connectivity index (χ2n) is 7.48. The third-order valence-electron chi connectivity index (χ3n) is 5.69. The van der Waals surface area contributed by atoms with E-state index in [0.29, 0.717) is 11.8 Å². The van der Waals surface area contributed by atoms with Gasteiger partial charge in [-0.3, -0.25) is 4.79 Å². The van der Waals surface area contributed by atoms with Crippen molar-refractivity contribution in [2.75, 3.05) is 26.0 Å². The number of carbonyl (C=O) groups is 1. The molecule has 0 unspecified atom stereocenters. The van der Waals surface area contributed by atoms with Gasteiger partial charge >= 0.3 is 0 Å². The standard InChI is InChI=1S/C21H23N7O2/c1-4-13-11-22-28-12-14(5-6-17(13)28)15-7-10-27-18(15)19(30-3)24-21(25-27)23-16-8-9-26(2)20(16)29/h5-7,10-12,16H,4,8-9H2,1-3H3,(H,23,25)/t16-/m0/s1. The molecule has 9 nitrogen and oxygen atoms in total. The number of aryl methyl sites for hydroxylation is 1. The van der Waals surface area contributed by atoms with Crippen LogP contribution >= 0.6 is 0 Å². The lowest BCUT2D eigenvalue weighted by molar-refractivity contribution is -0.127. The van der Waals surface area contributed by atoms with Gasteiger partial charge in [0.2, 0.25) is 17.7 Å². The van der Waals surface area contributed by atoms with E-state index in [0.717, 1.165) is 41.5 Å². The zero-order valence-corrected chi connectivity index (χ0v) is 17.2. The molecule has 1 aliphatic heterocycles. The second-order valence-corrected chi connectivity index (χ2v) is 7.48. The third-order valence-corrected chi connectivity index (χ3v) is 5.69. The van der Waals surface area contributed by atoms with Crippen LogP contribution in [0.1, 0.15) is 18.9 Å². The Morgan fingerprint density at radius 2 is 2.13 bits per heavy atom. The summed E-state index contributed by atoms with van der Waals surface area (Å²) in [7, 11) is 3.38. The molecule has 1 amide bonds. The number of likely N-dealkylation sites (tertiary alicyclic amines) is 1. The highest BCUT2D eigenvalue weighted by molar-refractivity contribution is 5.87. The van der Waals surface area contributed by atoms with Crippen LogP contribution in [0.4, 0.5) is 5.95 Å². The summed E-state index contributed by atoms with van der Waals surface area (Å²) >= 11 is 0. The summed E-state index contributed by atoms with van der Waals surface area (Å²) in [6.07, 6.45) is 7.44. The number of hydrogen-bond acceptors (Lipinski definition) is 6. The molecule has 0 aromatic carbocycles. The van der Waals surface area contributed by atoms with Crippen LogP contribution in [-0.2, 0) is 11.2 Å². The summed E-state index contributed by atoms with van der Waals surface area (Å²) < 4.78 is 9.21. The molecule has 154 valence electrons. The number of amides is 1. The van der Waals surface area contributed by atoms with Crippen LogP contribution in [0.3, 0.4) is 0 Å². The molecule has 1 aliphatic rings. The molecule has 0 spiro atoms. The molecular formula is C21H23N7O2. The predicted octanol–water partition coefficient (Wildman–Crippen LogP) is 2.26. The van der Waals surface area contributed by atoms with Gasteiger partial charge in [0.25, 0.3) is 0 Å². The van der Waals surface area contributed by atoms with Crippen molar-refractivity contribution in [3.8, 4) is 17.0 Å². The van der Waals surface area contributed by atoms with Gasteiger partial charge in [0.05, 0.1) is 18.8 Å². The molecule has 0 saturated carbocycles. The number of ether oxygens (including phenoxy) is 1. The van der Waals surface area contributed by atoms with Crippen LogP contribution in [0.15, 0.2) is 36.8 Å². The van der Waals surface area contributed by atoms with E-state index in [1.54, 1.807) is 23.6 Å². The van der Waals surface area contributed by atoms with Crippen molar-refractivity contribution >= 4 is 22.9 Å². The molecule has 0 bridgehead atoms. The maximum absolute atomic E-state index is 12.2. The average molecular weight is 405 g/mol. The van der Waals surface area contributed by atoms with Crippen LogP contribution in [0, 0.1) is 0 Å². The Kier molecular flexibility index (Phi) is 4.30. The summed E-state index contributed by atoms with van der Waals surface area (Å²) in [6, 6.07) is 5.82. The average Bonchev–Trinajstić information content (AvgIpc) is 3.46.